The van der Waals surface area contributed by atoms with Crippen LogP contribution in [-0.2, 0) is 15.7 Å². The Hall–Kier alpha value is -3.21. The van der Waals surface area contributed by atoms with E-state index in [0.717, 1.165) is 6.16 Å². The number of amides is 2. The van der Waals surface area contributed by atoms with Crippen molar-refractivity contribution in [2.24, 2.45) is 11.3 Å². The Morgan fingerprint density at radius 2 is 1.26 bits per heavy atom. The Labute approximate surface area is 283 Å². The van der Waals surface area contributed by atoms with Gasteiger partial charge in [-0.05, 0) is 0 Å². The van der Waals surface area contributed by atoms with Crippen molar-refractivity contribution < 1.29 is 14.3 Å². The molecule has 0 aliphatic heterocycles. The van der Waals surface area contributed by atoms with Crippen LogP contribution in [0.1, 0.15) is 61.0 Å². The minimum atomic E-state index is -3.29. The average molecular weight is 706 g/mol. The first-order valence-corrected chi connectivity index (χ1v) is 20.7. The summed E-state index contributed by atoms with van der Waals surface area (Å²) in [6.07, 6.45) is 0.836. The molecular formula is C39H50BrN2O3P. The third-order valence-electron chi connectivity index (χ3n) is 8.58. The number of benzene rings is 4. The number of carbonyl (C=O) groups excluding carboxylic acids is 2. The zero-order valence-electron chi connectivity index (χ0n) is 28.5. The molecule has 0 aliphatic carbocycles. The van der Waals surface area contributed by atoms with Gasteiger partial charge in [0.25, 0.3) is 0 Å². The molecule has 0 bridgehead atoms. The number of ether oxygens (including phenoxy) is 1. The van der Waals surface area contributed by atoms with Crippen LogP contribution in [0.4, 0.5) is 4.79 Å². The molecular weight excluding hydrogens is 655 g/mol. The van der Waals surface area contributed by atoms with Gasteiger partial charge in [0.1, 0.15) is 0 Å². The topological polar surface area (TPSA) is 67.4 Å². The molecule has 46 heavy (non-hydrogen) atoms. The Morgan fingerprint density at radius 3 is 1.78 bits per heavy atom. The van der Waals surface area contributed by atoms with Gasteiger partial charge in [0, 0.05) is 0 Å². The molecule has 0 radical (unpaired) electrons. The quantitative estimate of drug-likeness (QED) is 0.162. The van der Waals surface area contributed by atoms with Crippen LogP contribution >= 0.6 is 20.8 Å². The van der Waals surface area contributed by atoms with Gasteiger partial charge in [0.05, 0.1) is 0 Å². The monoisotopic (exact) mass is 704 g/mol. The molecule has 0 spiro atoms. The van der Waals surface area contributed by atoms with Crippen molar-refractivity contribution in [1.82, 2.24) is 10.6 Å². The molecule has 0 heterocycles. The second-order valence-electron chi connectivity index (χ2n) is 14.8. The van der Waals surface area contributed by atoms with Crippen LogP contribution in [0, 0.1) is 11.3 Å². The van der Waals surface area contributed by atoms with Gasteiger partial charge in [-0.3, -0.25) is 0 Å². The van der Waals surface area contributed by atoms with Crippen molar-refractivity contribution in [1.29, 1.82) is 0 Å². The molecule has 0 aliphatic rings. The molecule has 2 atom stereocenters. The molecule has 246 valence electrons. The molecule has 0 fully saturated rings. The summed E-state index contributed by atoms with van der Waals surface area (Å²) < 4.78 is 5.55. The number of hydrogen-bond acceptors (Lipinski definition) is 3. The van der Waals surface area contributed by atoms with E-state index in [1.165, 1.54) is 26.9 Å². The first-order chi connectivity index (χ1) is 21.5. The van der Waals surface area contributed by atoms with E-state index in [-0.39, 0.29) is 17.9 Å². The van der Waals surface area contributed by atoms with Gasteiger partial charge >= 0.3 is 285 Å². The van der Waals surface area contributed by atoms with E-state index in [1.807, 2.05) is 41.5 Å². The summed E-state index contributed by atoms with van der Waals surface area (Å²) in [6.45, 7) is 15.6. The molecule has 2 amide bonds. The van der Waals surface area contributed by atoms with Crippen LogP contribution in [0.15, 0.2) is 103 Å². The van der Waals surface area contributed by atoms with Crippen molar-refractivity contribution in [3.05, 3.63) is 109 Å². The van der Waals surface area contributed by atoms with Gasteiger partial charge in [0.2, 0.25) is 0 Å². The summed E-state index contributed by atoms with van der Waals surface area (Å²) >= 11 is 4.63. The predicted octanol–water partition coefficient (Wildman–Crippen LogP) is 8.93. The van der Waals surface area contributed by atoms with E-state index in [0.29, 0.717) is 6.16 Å². The third-order valence-corrected chi connectivity index (χ3v) is 17.8. The molecule has 7 heteroatoms. The zero-order chi connectivity index (χ0) is 33.8. The number of fused-ring (bicyclic) bond motifs is 1. The van der Waals surface area contributed by atoms with Crippen LogP contribution in [0.2, 0.25) is 0 Å². The summed E-state index contributed by atoms with van der Waals surface area (Å²) in [5, 5.41) is 7.91. The number of hydrogen-bond donors (Lipinski definition) is 2. The SMILES string of the molecule is CC(C)[C@@H](CP(Br)(Cc1cccc2ccccc12)(c1ccccc1)c1ccccc1)NC(=O)C(NC(=O)OC(C)(C)C)C(C)(C)C. The van der Waals surface area contributed by atoms with Crippen molar-refractivity contribution in [2.75, 3.05) is 6.16 Å². The number of carbonyl (C=O) groups is 2. The molecule has 4 rings (SSSR count). The van der Waals surface area contributed by atoms with Crippen LogP contribution in [0.25, 0.3) is 10.8 Å². The first-order valence-electron chi connectivity index (χ1n) is 16.1. The van der Waals surface area contributed by atoms with Crippen molar-refractivity contribution in [3.63, 3.8) is 0 Å². The van der Waals surface area contributed by atoms with Crippen molar-refractivity contribution in [3.8, 4) is 0 Å². The van der Waals surface area contributed by atoms with Gasteiger partial charge in [0.15, 0.2) is 0 Å². The second kappa shape index (κ2) is 13.9. The molecule has 0 saturated carbocycles. The molecule has 5 nitrogen and oxygen atoms in total. The maximum atomic E-state index is 14.2. The van der Waals surface area contributed by atoms with E-state index in [9.17, 15) is 9.59 Å². The van der Waals surface area contributed by atoms with E-state index in [1.54, 1.807) is 0 Å². The number of alkyl carbamates (subject to hydrolysis) is 1. The fourth-order valence-corrected chi connectivity index (χ4v) is 14.5. The summed E-state index contributed by atoms with van der Waals surface area (Å²) in [6, 6.07) is 35.5. The fourth-order valence-electron chi connectivity index (χ4n) is 6.13. The van der Waals surface area contributed by atoms with Crippen LogP contribution in [-0.4, -0.2) is 35.8 Å². The molecule has 2 N–H and O–H groups in total. The van der Waals surface area contributed by atoms with E-state index in [2.05, 4.69) is 143 Å². The summed E-state index contributed by atoms with van der Waals surface area (Å²) in [5.41, 5.74) is 0.0295. The molecule has 4 aromatic rings. The van der Waals surface area contributed by atoms with Gasteiger partial charge in [-0.2, -0.15) is 0 Å². The molecule has 1 unspecified atom stereocenters. The zero-order valence-corrected chi connectivity index (χ0v) is 31.0. The third kappa shape index (κ3) is 8.19. The molecule has 0 saturated heterocycles. The fraction of sp³-hybridized carbons (Fsp3) is 0.385. The maximum absolute atomic E-state index is 14.2. The average Bonchev–Trinajstić information content (AvgIpc) is 2.99. The second-order valence-corrected chi connectivity index (χ2v) is 24.4. The Bertz CT molecular complexity index is 1600. The summed E-state index contributed by atoms with van der Waals surface area (Å²) in [7, 11) is 0. The van der Waals surface area contributed by atoms with Gasteiger partial charge in [-0.25, -0.2) is 0 Å². The summed E-state index contributed by atoms with van der Waals surface area (Å²) in [5.74, 6) is -0.119. The molecule has 0 aromatic heterocycles. The van der Waals surface area contributed by atoms with Crippen LogP contribution in [0.3, 0.4) is 0 Å². The Morgan fingerprint density at radius 1 is 0.739 bits per heavy atom. The van der Waals surface area contributed by atoms with Crippen LogP contribution in [0.5, 0.6) is 0 Å². The number of rotatable bonds is 10. The van der Waals surface area contributed by atoms with E-state index in [4.69, 9.17) is 4.74 Å². The Balaban J connectivity index is 1.85. The molecule has 4 aromatic carbocycles. The van der Waals surface area contributed by atoms with Crippen molar-refractivity contribution in [2.45, 2.75) is 79.2 Å². The first kappa shape index (κ1) is 35.6. The van der Waals surface area contributed by atoms with E-state index >= 15 is 0 Å². The normalized spacial score (nSPS) is 14.6. The van der Waals surface area contributed by atoms with Gasteiger partial charge in [-0.15, -0.1) is 0 Å². The number of halogens is 1. The van der Waals surface area contributed by atoms with Crippen LogP contribution < -0.4 is 21.2 Å². The van der Waals surface area contributed by atoms with Crippen molar-refractivity contribution >= 4 is 54.2 Å². The van der Waals surface area contributed by atoms with Gasteiger partial charge < -0.3 is 0 Å². The predicted molar refractivity (Wildman–Crippen MR) is 200 cm³/mol. The number of nitrogens with one attached hydrogen (secondary N) is 2. The standard InChI is InChI=1S/C39H50BrN2O3P/c1-28(2)34(41-36(43)35(38(3,4)5)42-37(44)45-39(6,7)8)27-46(40,31-21-11-9-12-22-31,32-23-13-10-14-24-32)26-30-20-17-19-29-18-15-16-25-33(29)30/h9-25,28,34-35H,26-27H2,1-8H3,(H,41,43)(H,42,44)/t34-,35?/m1/s1. The summed E-state index contributed by atoms with van der Waals surface area (Å²) in [4.78, 5) is 27.1. The minimum absolute atomic E-state index is 0.102. The van der Waals surface area contributed by atoms with E-state index < -0.39 is 28.5 Å². The van der Waals surface area contributed by atoms with Gasteiger partial charge in [-0.1, -0.05) is 0 Å². The Kier molecular flexibility index (Phi) is 10.8.